The van der Waals surface area contributed by atoms with E-state index in [4.69, 9.17) is 0 Å². The van der Waals surface area contributed by atoms with Crippen LogP contribution in [0.1, 0.15) is 20.3 Å². The first-order valence-electron chi connectivity index (χ1n) is 5.33. The third-order valence-corrected chi connectivity index (χ3v) is 3.09. The molecule has 0 aliphatic carbocycles. The van der Waals surface area contributed by atoms with E-state index in [2.05, 4.69) is 26.3 Å². The Kier molecular flexibility index (Phi) is 4.78. The smallest absolute Gasteiger partial charge is 0.380 e. The lowest BCUT2D eigenvalue weighted by Gasteiger charge is -2.15. The Morgan fingerprint density at radius 3 is 2.67 bits per heavy atom. The monoisotopic (exact) mass is 327 g/mol. The molecule has 0 radical (unpaired) electrons. The molecular weight excluding hydrogens is 315 g/mol. The lowest BCUT2D eigenvalue weighted by molar-refractivity contribution is -0.143. The van der Waals surface area contributed by atoms with Gasteiger partial charge >= 0.3 is 6.18 Å². The molecule has 0 fully saturated rings. The third kappa shape index (κ3) is 4.01. The summed E-state index contributed by atoms with van der Waals surface area (Å²) in [5.74, 6) is 0. The van der Waals surface area contributed by atoms with Gasteiger partial charge in [0.1, 0.15) is 11.0 Å². The second kappa shape index (κ2) is 5.73. The number of anilines is 1. The van der Waals surface area contributed by atoms with Crippen molar-refractivity contribution < 1.29 is 13.2 Å². The molecule has 0 aliphatic rings. The number of alkyl halides is 3. The number of halogens is 4. The van der Waals surface area contributed by atoms with Gasteiger partial charge in [-0.25, -0.2) is 4.68 Å². The zero-order valence-corrected chi connectivity index (χ0v) is 11.5. The van der Waals surface area contributed by atoms with Crippen LogP contribution in [0.2, 0.25) is 0 Å². The van der Waals surface area contributed by atoms with Crippen LogP contribution in [-0.2, 0) is 6.54 Å². The molecular formula is C10H13BrF3N3O. The molecule has 0 bridgehead atoms. The molecule has 1 aromatic rings. The minimum absolute atomic E-state index is 0.0575. The Bertz CT molecular complexity index is 472. The zero-order valence-electron chi connectivity index (χ0n) is 9.88. The highest BCUT2D eigenvalue weighted by Crippen LogP contribution is 2.20. The third-order valence-electron chi connectivity index (χ3n) is 2.33. The van der Waals surface area contributed by atoms with E-state index >= 15 is 0 Å². The summed E-state index contributed by atoms with van der Waals surface area (Å²) in [6, 6.07) is 0.0981. The largest absolute Gasteiger partial charge is 0.408 e. The molecule has 1 N–H and O–H groups in total. The molecule has 1 rings (SSSR count). The molecule has 1 heterocycles. The summed E-state index contributed by atoms with van der Waals surface area (Å²) in [7, 11) is 0. The Morgan fingerprint density at radius 2 is 2.17 bits per heavy atom. The summed E-state index contributed by atoms with van der Waals surface area (Å²) >= 11 is 2.99. The van der Waals surface area contributed by atoms with Crippen LogP contribution in [0.4, 0.5) is 18.9 Å². The highest BCUT2D eigenvalue weighted by molar-refractivity contribution is 9.10. The van der Waals surface area contributed by atoms with E-state index in [1.807, 2.05) is 13.8 Å². The van der Waals surface area contributed by atoms with Gasteiger partial charge in [-0.2, -0.15) is 18.3 Å². The van der Waals surface area contributed by atoms with Crippen LogP contribution in [0.3, 0.4) is 0 Å². The second-order valence-corrected chi connectivity index (χ2v) is 4.70. The van der Waals surface area contributed by atoms with Crippen molar-refractivity contribution in [3.63, 3.8) is 0 Å². The second-order valence-electron chi connectivity index (χ2n) is 3.90. The maximum atomic E-state index is 12.2. The van der Waals surface area contributed by atoms with Gasteiger partial charge in [0.2, 0.25) is 0 Å². The summed E-state index contributed by atoms with van der Waals surface area (Å²) in [4.78, 5) is 11.7. The maximum Gasteiger partial charge on any atom is 0.408 e. The molecule has 0 saturated heterocycles. The molecule has 1 aromatic heterocycles. The van der Waals surface area contributed by atoms with Gasteiger partial charge in [0, 0.05) is 6.04 Å². The minimum atomic E-state index is -4.47. The average molecular weight is 328 g/mol. The van der Waals surface area contributed by atoms with E-state index in [-0.39, 0.29) is 10.5 Å². The van der Waals surface area contributed by atoms with Crippen LogP contribution in [0.25, 0.3) is 0 Å². The summed E-state index contributed by atoms with van der Waals surface area (Å²) in [6.07, 6.45) is -2.44. The van der Waals surface area contributed by atoms with E-state index in [1.54, 1.807) is 0 Å². The predicted molar refractivity (Wildman–Crippen MR) is 65.6 cm³/mol. The van der Waals surface area contributed by atoms with Gasteiger partial charge in [-0.1, -0.05) is 6.92 Å². The summed E-state index contributed by atoms with van der Waals surface area (Å²) < 4.78 is 37.0. The van der Waals surface area contributed by atoms with Crippen molar-refractivity contribution in [3.05, 3.63) is 21.0 Å². The Hall–Kier alpha value is -1.05. The number of nitrogens with zero attached hydrogens (tertiary/aromatic N) is 2. The number of aromatic nitrogens is 2. The first kappa shape index (κ1) is 15.0. The molecule has 0 amide bonds. The highest BCUT2D eigenvalue weighted by atomic mass is 79.9. The van der Waals surface area contributed by atoms with Crippen LogP contribution in [-0.4, -0.2) is 22.0 Å². The zero-order chi connectivity index (χ0) is 13.9. The fourth-order valence-electron chi connectivity index (χ4n) is 1.22. The van der Waals surface area contributed by atoms with Gasteiger partial charge in [0.25, 0.3) is 5.56 Å². The normalized spacial score (nSPS) is 13.4. The van der Waals surface area contributed by atoms with E-state index in [0.717, 1.165) is 6.42 Å². The Labute approximate surface area is 110 Å². The average Bonchev–Trinajstić information content (AvgIpc) is 2.27. The number of rotatable bonds is 4. The van der Waals surface area contributed by atoms with Gasteiger partial charge in [-0.15, -0.1) is 0 Å². The van der Waals surface area contributed by atoms with E-state index < -0.39 is 18.3 Å². The molecule has 8 heteroatoms. The lowest BCUT2D eigenvalue weighted by Crippen LogP contribution is -2.31. The molecule has 0 aromatic carbocycles. The van der Waals surface area contributed by atoms with Gasteiger partial charge in [-0.3, -0.25) is 4.79 Å². The molecule has 0 spiro atoms. The van der Waals surface area contributed by atoms with Crippen LogP contribution in [0, 0.1) is 0 Å². The van der Waals surface area contributed by atoms with E-state index in [0.29, 0.717) is 10.4 Å². The lowest BCUT2D eigenvalue weighted by atomic mass is 10.2. The van der Waals surface area contributed by atoms with Crippen molar-refractivity contribution in [1.82, 2.24) is 9.78 Å². The van der Waals surface area contributed by atoms with Gasteiger partial charge in [-0.05, 0) is 29.3 Å². The summed E-state index contributed by atoms with van der Waals surface area (Å²) in [5.41, 5.74) is -0.409. The van der Waals surface area contributed by atoms with Crippen LogP contribution in [0.5, 0.6) is 0 Å². The first-order chi connectivity index (χ1) is 8.24. The topological polar surface area (TPSA) is 46.9 Å². The molecule has 4 nitrogen and oxygen atoms in total. The summed E-state index contributed by atoms with van der Waals surface area (Å²) in [5, 5.41) is 6.49. The van der Waals surface area contributed by atoms with Crippen molar-refractivity contribution in [3.8, 4) is 0 Å². The van der Waals surface area contributed by atoms with Crippen molar-refractivity contribution in [2.75, 3.05) is 5.32 Å². The van der Waals surface area contributed by atoms with Gasteiger partial charge in [0.15, 0.2) is 0 Å². The molecule has 1 unspecified atom stereocenters. The van der Waals surface area contributed by atoms with Gasteiger partial charge < -0.3 is 5.32 Å². The van der Waals surface area contributed by atoms with Gasteiger partial charge in [0.05, 0.1) is 11.9 Å². The maximum absolute atomic E-state index is 12.2. The van der Waals surface area contributed by atoms with Crippen LogP contribution >= 0.6 is 15.9 Å². The number of nitrogens with one attached hydrogen (secondary N) is 1. The highest BCUT2D eigenvalue weighted by Gasteiger charge is 2.29. The number of hydrogen-bond donors (Lipinski definition) is 1. The van der Waals surface area contributed by atoms with E-state index in [9.17, 15) is 18.0 Å². The first-order valence-corrected chi connectivity index (χ1v) is 6.12. The Morgan fingerprint density at radius 1 is 1.56 bits per heavy atom. The molecule has 1 atom stereocenters. The Balaban J connectivity index is 3.02. The summed E-state index contributed by atoms with van der Waals surface area (Å²) in [6.45, 7) is 2.45. The van der Waals surface area contributed by atoms with Crippen molar-refractivity contribution in [2.45, 2.75) is 39.0 Å². The predicted octanol–water partition coefficient (Wildman–Crippen LogP) is 2.78. The van der Waals surface area contributed by atoms with Crippen molar-refractivity contribution >= 4 is 21.6 Å². The quantitative estimate of drug-likeness (QED) is 0.925. The van der Waals surface area contributed by atoms with Crippen LogP contribution in [0.15, 0.2) is 15.5 Å². The number of hydrogen-bond acceptors (Lipinski definition) is 3. The molecule has 102 valence electrons. The van der Waals surface area contributed by atoms with E-state index in [1.165, 1.54) is 6.20 Å². The molecule has 18 heavy (non-hydrogen) atoms. The standard InChI is InChI=1S/C10H13BrF3N3O/c1-3-6(2)16-7-4-15-17(5-10(12,13)14)9(18)8(7)11/h4,6,16H,3,5H2,1-2H3. The molecule has 0 aliphatic heterocycles. The van der Waals surface area contributed by atoms with Crippen LogP contribution < -0.4 is 10.9 Å². The van der Waals surface area contributed by atoms with Crippen molar-refractivity contribution in [1.29, 1.82) is 0 Å². The molecule has 0 saturated carbocycles. The fourth-order valence-corrected chi connectivity index (χ4v) is 1.64. The van der Waals surface area contributed by atoms with Crippen molar-refractivity contribution in [2.24, 2.45) is 0 Å². The fraction of sp³-hybridized carbons (Fsp3) is 0.600. The SMILES string of the molecule is CCC(C)Nc1cnn(CC(F)(F)F)c(=O)c1Br. The minimum Gasteiger partial charge on any atom is -0.380 e.